The third-order valence-corrected chi connectivity index (χ3v) is 14.5. The first-order valence-electron chi connectivity index (χ1n) is 25.3. The Balaban J connectivity index is 1.06. The van der Waals surface area contributed by atoms with Crippen molar-refractivity contribution in [3.05, 3.63) is 192 Å². The average Bonchev–Trinajstić information content (AvgIpc) is 3.87. The van der Waals surface area contributed by atoms with E-state index in [1.165, 1.54) is 22.3 Å². The molecule has 0 saturated heterocycles. The molecule has 5 heteroatoms. The van der Waals surface area contributed by atoms with E-state index in [0.29, 0.717) is 16.7 Å². The van der Waals surface area contributed by atoms with Crippen LogP contribution in [0.2, 0.25) is 0 Å². The molecule has 11 rings (SSSR count). The van der Waals surface area contributed by atoms with Crippen LogP contribution in [-0.4, -0.2) is 0 Å². The van der Waals surface area contributed by atoms with Gasteiger partial charge in [-0.2, -0.15) is 5.26 Å². The maximum atomic E-state index is 10.9. The standard InChI is InChI=1S/C67H63N3O2/c1-64(2,3)52-21-13-17-25-56(52)69(57-26-18-14-22-53(57)65(4,5)6)45-31-29-41-35-47-49-39-50-48-36-42-30-32-46(34-44(42)38-61(48)72-63(50)51(40-68)62(49)71-60(47)37-43(41)33-45)70(58-27-19-15-23-54(58)66(7,8)9)59-28-20-16-24-55(59)67(10,11)12/h13-39H,1-12H3. The first-order valence-corrected chi connectivity index (χ1v) is 25.3. The normalized spacial score (nSPS) is 12.7. The minimum absolute atomic E-state index is 0.0943. The van der Waals surface area contributed by atoms with Gasteiger partial charge in [-0.05, 0) is 144 Å². The number of hydrogen-bond donors (Lipinski definition) is 0. The third-order valence-electron chi connectivity index (χ3n) is 14.5. The Hall–Kier alpha value is -7.81. The van der Waals surface area contributed by atoms with Gasteiger partial charge in [0.25, 0.3) is 0 Å². The predicted molar refractivity (Wildman–Crippen MR) is 305 cm³/mol. The van der Waals surface area contributed by atoms with Crippen LogP contribution < -0.4 is 9.80 Å². The molecular formula is C67H63N3O2. The van der Waals surface area contributed by atoms with Crippen molar-refractivity contribution in [1.29, 1.82) is 5.26 Å². The van der Waals surface area contributed by atoms with E-state index >= 15 is 0 Å². The summed E-state index contributed by atoms with van der Waals surface area (Å²) in [6, 6.07) is 61.9. The zero-order valence-corrected chi connectivity index (χ0v) is 43.7. The van der Waals surface area contributed by atoms with Gasteiger partial charge in [0.05, 0.1) is 0 Å². The summed E-state index contributed by atoms with van der Waals surface area (Å²) >= 11 is 0. The zero-order valence-electron chi connectivity index (χ0n) is 43.7. The van der Waals surface area contributed by atoms with Crippen molar-refractivity contribution in [2.24, 2.45) is 0 Å². The van der Waals surface area contributed by atoms with Gasteiger partial charge < -0.3 is 18.6 Å². The molecule has 0 unspecified atom stereocenters. The van der Waals surface area contributed by atoms with Crippen LogP contribution in [0.4, 0.5) is 34.1 Å². The molecule has 0 aliphatic carbocycles. The van der Waals surface area contributed by atoms with Crippen LogP contribution in [0.5, 0.6) is 0 Å². The Kier molecular flexibility index (Phi) is 10.8. The number of para-hydroxylation sites is 4. The van der Waals surface area contributed by atoms with Gasteiger partial charge in [-0.25, -0.2) is 0 Å². The van der Waals surface area contributed by atoms with Gasteiger partial charge in [0.2, 0.25) is 0 Å². The lowest BCUT2D eigenvalue weighted by Gasteiger charge is -2.35. The van der Waals surface area contributed by atoms with Crippen LogP contribution in [0, 0.1) is 11.3 Å². The molecule has 0 radical (unpaired) electrons. The van der Waals surface area contributed by atoms with E-state index in [-0.39, 0.29) is 21.7 Å². The van der Waals surface area contributed by atoms with E-state index in [9.17, 15) is 5.26 Å². The van der Waals surface area contributed by atoms with Gasteiger partial charge in [0.15, 0.2) is 11.2 Å². The molecule has 0 aliphatic heterocycles. The van der Waals surface area contributed by atoms with E-state index in [1.54, 1.807) is 0 Å². The maximum Gasteiger partial charge on any atom is 0.157 e. The van der Waals surface area contributed by atoms with E-state index in [2.05, 4.69) is 263 Å². The number of nitriles is 1. The molecule has 0 fully saturated rings. The second kappa shape index (κ2) is 16.6. The maximum absolute atomic E-state index is 10.9. The van der Waals surface area contributed by atoms with Crippen molar-refractivity contribution in [2.45, 2.75) is 105 Å². The van der Waals surface area contributed by atoms with Gasteiger partial charge in [-0.1, -0.05) is 168 Å². The van der Waals surface area contributed by atoms with Crippen molar-refractivity contribution in [3.8, 4) is 6.07 Å². The lowest BCUT2D eigenvalue weighted by atomic mass is 9.83. The van der Waals surface area contributed by atoms with Crippen LogP contribution in [0.3, 0.4) is 0 Å². The highest BCUT2D eigenvalue weighted by molar-refractivity contribution is 6.20. The molecule has 0 atom stereocenters. The van der Waals surface area contributed by atoms with E-state index < -0.39 is 0 Å². The lowest BCUT2D eigenvalue weighted by molar-refractivity contribution is 0.586. The Labute approximate surface area is 423 Å². The largest absolute Gasteiger partial charge is 0.454 e. The summed E-state index contributed by atoms with van der Waals surface area (Å²) in [5, 5.41) is 18.9. The monoisotopic (exact) mass is 941 g/mol. The lowest BCUT2D eigenvalue weighted by Crippen LogP contribution is -2.22. The van der Waals surface area contributed by atoms with Crippen molar-refractivity contribution < 1.29 is 8.83 Å². The minimum Gasteiger partial charge on any atom is -0.454 e. The molecule has 11 aromatic rings. The van der Waals surface area contributed by atoms with Gasteiger partial charge in [0, 0.05) is 55.7 Å². The van der Waals surface area contributed by atoms with E-state index in [4.69, 9.17) is 8.83 Å². The van der Waals surface area contributed by atoms with E-state index in [0.717, 1.165) is 88.4 Å². The number of furan rings is 2. The molecule has 2 heterocycles. The van der Waals surface area contributed by atoms with Crippen LogP contribution in [-0.2, 0) is 21.7 Å². The van der Waals surface area contributed by atoms with Crippen molar-refractivity contribution in [2.75, 3.05) is 9.80 Å². The van der Waals surface area contributed by atoms with E-state index in [1.807, 2.05) is 0 Å². The fraction of sp³-hybridized carbons (Fsp3) is 0.239. The molecule has 0 saturated carbocycles. The summed E-state index contributed by atoms with van der Waals surface area (Å²) in [5.41, 5.74) is 14.3. The van der Waals surface area contributed by atoms with Gasteiger partial charge in [-0.3, -0.25) is 0 Å². The molecule has 9 aromatic carbocycles. The first-order chi connectivity index (χ1) is 34.2. The highest BCUT2D eigenvalue weighted by atomic mass is 16.3. The van der Waals surface area contributed by atoms with Crippen molar-refractivity contribution in [3.63, 3.8) is 0 Å². The van der Waals surface area contributed by atoms with Crippen LogP contribution in [0.25, 0.3) is 65.4 Å². The Morgan fingerprint density at radius 1 is 0.347 bits per heavy atom. The summed E-state index contributed by atoms with van der Waals surface area (Å²) in [7, 11) is 0. The summed E-state index contributed by atoms with van der Waals surface area (Å²) in [6.07, 6.45) is 0. The van der Waals surface area contributed by atoms with Crippen LogP contribution in [0.15, 0.2) is 173 Å². The third kappa shape index (κ3) is 7.85. The minimum atomic E-state index is -0.0943. The number of anilines is 6. The molecule has 2 aromatic heterocycles. The van der Waals surface area contributed by atoms with Crippen LogP contribution >= 0.6 is 0 Å². The molecule has 5 nitrogen and oxygen atoms in total. The number of fused-ring (bicyclic) bond motifs is 8. The van der Waals surface area contributed by atoms with Gasteiger partial charge in [-0.15, -0.1) is 0 Å². The molecule has 0 amide bonds. The highest BCUT2D eigenvalue weighted by Gasteiger charge is 2.30. The Bertz CT molecular complexity index is 3630. The topological polar surface area (TPSA) is 56.6 Å². The number of hydrogen-bond acceptors (Lipinski definition) is 5. The predicted octanol–water partition coefficient (Wildman–Crippen LogP) is 19.8. The quantitative estimate of drug-likeness (QED) is 0.166. The molecule has 0 aliphatic rings. The first kappa shape index (κ1) is 46.6. The summed E-state index contributed by atoms with van der Waals surface area (Å²) in [6.45, 7) is 27.4. The molecular weight excluding hydrogens is 879 g/mol. The number of nitrogens with zero attached hydrogens (tertiary/aromatic N) is 3. The molecule has 358 valence electrons. The smallest absolute Gasteiger partial charge is 0.157 e. The Morgan fingerprint density at radius 3 is 0.972 bits per heavy atom. The fourth-order valence-corrected chi connectivity index (χ4v) is 11.0. The Morgan fingerprint density at radius 2 is 0.667 bits per heavy atom. The fourth-order valence-electron chi connectivity index (χ4n) is 11.0. The average molecular weight is 942 g/mol. The molecule has 0 N–H and O–H groups in total. The van der Waals surface area contributed by atoms with Crippen molar-refractivity contribution >= 4 is 99.5 Å². The van der Waals surface area contributed by atoms with Crippen molar-refractivity contribution in [1.82, 2.24) is 0 Å². The second-order valence-corrected chi connectivity index (χ2v) is 23.8. The van der Waals surface area contributed by atoms with Gasteiger partial charge in [0.1, 0.15) is 22.8 Å². The van der Waals surface area contributed by atoms with Gasteiger partial charge >= 0.3 is 0 Å². The summed E-state index contributed by atoms with van der Waals surface area (Å²) in [5.74, 6) is 0. The highest BCUT2D eigenvalue weighted by Crippen LogP contribution is 2.49. The SMILES string of the molecule is CC(C)(C)c1ccccc1N(c1ccc2cc3c(cc2c1)oc1c(C#N)c2oc4cc5cc(N(c6ccccc6C(C)(C)C)c6ccccc6C(C)(C)C)ccc5cc4c2cc13)c1ccccc1C(C)(C)C. The number of benzene rings is 9. The molecule has 0 spiro atoms. The summed E-state index contributed by atoms with van der Waals surface area (Å²) in [4.78, 5) is 4.85. The number of rotatable bonds is 6. The zero-order chi connectivity index (χ0) is 50.6. The van der Waals surface area contributed by atoms with Crippen LogP contribution in [0.1, 0.15) is 111 Å². The molecule has 0 bridgehead atoms. The summed E-state index contributed by atoms with van der Waals surface area (Å²) < 4.78 is 13.5. The second-order valence-electron chi connectivity index (χ2n) is 23.8. The molecule has 72 heavy (non-hydrogen) atoms.